The Morgan fingerprint density at radius 1 is 0.561 bits per heavy atom. The first-order chi connectivity index (χ1) is 27.6. The first-order valence-corrected chi connectivity index (χ1v) is 23.7. The van der Waals surface area contributed by atoms with Gasteiger partial charge in [0.2, 0.25) is 5.91 Å². The van der Waals surface area contributed by atoms with Crippen LogP contribution in [0.1, 0.15) is 187 Å². The van der Waals surface area contributed by atoms with Crippen molar-refractivity contribution in [1.82, 2.24) is 5.32 Å². The van der Waals surface area contributed by atoms with Crippen LogP contribution in [0.2, 0.25) is 0 Å². The minimum absolute atomic E-state index is 0.135. The Kier molecular flexibility index (Phi) is 38.4. The van der Waals surface area contributed by atoms with Crippen LogP contribution in [-0.2, 0) is 32.7 Å². The molecule has 0 rings (SSSR count). The van der Waals surface area contributed by atoms with Crippen molar-refractivity contribution in [3.63, 3.8) is 0 Å². The van der Waals surface area contributed by atoms with E-state index in [4.69, 9.17) is 13.8 Å². The molecule has 3 unspecified atom stereocenters. The lowest BCUT2D eigenvalue weighted by molar-refractivity contribution is -0.147. The molecule has 0 aromatic heterocycles. The first-order valence-electron chi connectivity index (χ1n) is 22.2. The summed E-state index contributed by atoms with van der Waals surface area (Å²) in [6.45, 7) is 2.52. The van der Waals surface area contributed by atoms with E-state index >= 15 is 0 Å². The maximum Gasteiger partial charge on any atom is 0.472 e. The summed E-state index contributed by atoms with van der Waals surface area (Å²) in [7, 11) is -4.76. The van der Waals surface area contributed by atoms with Gasteiger partial charge in [-0.3, -0.25) is 18.6 Å². The van der Waals surface area contributed by atoms with Crippen molar-refractivity contribution in [2.75, 3.05) is 19.8 Å². The maximum atomic E-state index is 12.3. The van der Waals surface area contributed by atoms with Gasteiger partial charge in [-0.2, -0.15) is 0 Å². The molecular weight excluding hydrogens is 745 g/mol. The fraction of sp³-hybridized carbons (Fsp3) is 0.756. The number of carbonyl (C=O) groups excluding carboxylic acids is 2. The van der Waals surface area contributed by atoms with Crippen molar-refractivity contribution in [3.05, 3.63) is 48.6 Å². The molecule has 0 aromatic rings. The van der Waals surface area contributed by atoms with Crippen LogP contribution in [0.25, 0.3) is 0 Å². The average Bonchev–Trinajstić information content (AvgIpc) is 3.18. The molecule has 0 spiro atoms. The van der Waals surface area contributed by atoms with Gasteiger partial charge in [0, 0.05) is 12.8 Å². The molecule has 0 radical (unpaired) electrons. The number of phosphoric acid groups is 1. The van der Waals surface area contributed by atoms with Crippen molar-refractivity contribution < 1.29 is 47.8 Å². The summed E-state index contributed by atoms with van der Waals surface area (Å²) in [6, 6.07) is -1.55. The summed E-state index contributed by atoms with van der Waals surface area (Å²) >= 11 is 0. The average molecular weight is 826 g/mol. The molecule has 0 saturated carbocycles. The van der Waals surface area contributed by atoms with E-state index in [0.717, 1.165) is 83.5 Å². The lowest BCUT2D eigenvalue weighted by Crippen LogP contribution is -2.43. The standard InChI is InChI=1S/C45H80NO10P/c1-3-5-7-9-11-13-15-17-18-19-20-21-22-23-24-25-26-28-30-32-34-36-43(48)46-42(45(50)51)40-56-57(52,53)55-39-41(47)38-54-44(49)37-35-33-31-29-27-16-14-12-10-8-6-4-2/h11-14,17-18,20-21,41-42,47H,3-10,15-16,19,22-40H2,1-2H3,(H,46,48)(H,50,51)(H,52,53)/b13-11-,14-12-,18-17-,21-20-. The molecule has 1 amide bonds. The second-order valence-electron chi connectivity index (χ2n) is 14.9. The minimum atomic E-state index is -4.76. The second-order valence-corrected chi connectivity index (χ2v) is 16.3. The number of aliphatic hydroxyl groups is 1. The van der Waals surface area contributed by atoms with E-state index in [-0.39, 0.29) is 12.8 Å². The van der Waals surface area contributed by atoms with Gasteiger partial charge in [0.15, 0.2) is 6.04 Å². The first kappa shape index (κ1) is 54.4. The number of carboxylic acids is 1. The van der Waals surface area contributed by atoms with E-state index in [9.17, 15) is 34.1 Å². The maximum absolute atomic E-state index is 12.3. The Balaban J connectivity index is 3.92. The Bertz CT molecular complexity index is 1150. The van der Waals surface area contributed by atoms with Crippen LogP contribution < -0.4 is 5.32 Å². The predicted octanol–water partition coefficient (Wildman–Crippen LogP) is 11.4. The van der Waals surface area contributed by atoms with Crippen LogP contribution >= 0.6 is 7.82 Å². The lowest BCUT2D eigenvalue weighted by Gasteiger charge is -2.18. The second kappa shape index (κ2) is 40.2. The van der Waals surface area contributed by atoms with Crippen LogP contribution in [-0.4, -0.2) is 64.9 Å². The molecule has 0 aliphatic heterocycles. The number of aliphatic carboxylic acids is 1. The molecule has 0 aromatic carbocycles. The molecule has 0 aliphatic carbocycles. The Labute approximate surface area is 345 Å². The minimum Gasteiger partial charge on any atom is -0.480 e. The number of nitrogens with one attached hydrogen (secondary N) is 1. The number of aliphatic hydroxyl groups excluding tert-OH is 1. The predicted molar refractivity (Wildman–Crippen MR) is 231 cm³/mol. The van der Waals surface area contributed by atoms with Crippen molar-refractivity contribution in [3.8, 4) is 0 Å². The highest BCUT2D eigenvalue weighted by Crippen LogP contribution is 2.43. The molecule has 0 saturated heterocycles. The van der Waals surface area contributed by atoms with Crippen LogP contribution in [0.15, 0.2) is 48.6 Å². The summed E-state index contributed by atoms with van der Waals surface area (Å²) in [5.41, 5.74) is 0. The quantitative estimate of drug-likeness (QED) is 0.0201. The van der Waals surface area contributed by atoms with Crippen LogP contribution in [0.3, 0.4) is 0 Å². The molecule has 0 heterocycles. The van der Waals surface area contributed by atoms with Crippen LogP contribution in [0.5, 0.6) is 0 Å². The Morgan fingerprint density at radius 3 is 1.46 bits per heavy atom. The fourth-order valence-corrected chi connectivity index (χ4v) is 6.62. The van der Waals surface area contributed by atoms with Crippen molar-refractivity contribution in [2.24, 2.45) is 0 Å². The Morgan fingerprint density at radius 2 is 0.965 bits per heavy atom. The largest absolute Gasteiger partial charge is 0.480 e. The number of carboxylic acid groups (broad SMARTS) is 1. The third-order valence-corrected chi connectivity index (χ3v) is 10.3. The monoisotopic (exact) mass is 826 g/mol. The molecule has 12 heteroatoms. The molecule has 0 fully saturated rings. The molecule has 11 nitrogen and oxygen atoms in total. The Hall–Kier alpha value is -2.56. The van der Waals surface area contributed by atoms with Gasteiger partial charge in [-0.05, 0) is 77.0 Å². The number of phosphoric ester groups is 1. The van der Waals surface area contributed by atoms with E-state index in [1.807, 2.05) is 0 Å². The molecule has 0 aliphatic rings. The van der Waals surface area contributed by atoms with Gasteiger partial charge in [0.1, 0.15) is 12.7 Å². The van der Waals surface area contributed by atoms with Gasteiger partial charge >= 0.3 is 19.8 Å². The molecule has 0 bridgehead atoms. The van der Waals surface area contributed by atoms with Gasteiger partial charge < -0.3 is 25.2 Å². The number of esters is 1. The molecule has 330 valence electrons. The van der Waals surface area contributed by atoms with Gasteiger partial charge in [-0.15, -0.1) is 0 Å². The number of hydrogen-bond acceptors (Lipinski definition) is 8. The highest BCUT2D eigenvalue weighted by atomic mass is 31.2. The van der Waals surface area contributed by atoms with Gasteiger partial charge in [-0.1, -0.05) is 146 Å². The zero-order chi connectivity index (χ0) is 42.1. The highest BCUT2D eigenvalue weighted by molar-refractivity contribution is 7.47. The summed E-state index contributed by atoms with van der Waals surface area (Å²) in [5.74, 6) is -2.39. The normalized spacial score (nSPS) is 14.2. The highest BCUT2D eigenvalue weighted by Gasteiger charge is 2.28. The van der Waals surface area contributed by atoms with Crippen molar-refractivity contribution in [1.29, 1.82) is 0 Å². The number of hydrogen-bond donors (Lipinski definition) is 4. The van der Waals surface area contributed by atoms with Crippen molar-refractivity contribution >= 4 is 25.7 Å². The summed E-state index contributed by atoms with van der Waals surface area (Å²) in [4.78, 5) is 45.9. The van der Waals surface area contributed by atoms with E-state index < -0.39 is 57.6 Å². The van der Waals surface area contributed by atoms with E-state index in [1.165, 1.54) is 64.2 Å². The molecule has 4 N–H and O–H groups in total. The zero-order valence-electron chi connectivity index (χ0n) is 35.6. The topological polar surface area (TPSA) is 169 Å². The molecule has 3 atom stereocenters. The van der Waals surface area contributed by atoms with Gasteiger partial charge in [0.25, 0.3) is 0 Å². The summed E-state index contributed by atoms with van der Waals surface area (Å²) < 4.78 is 26.8. The number of carbonyl (C=O) groups is 3. The van der Waals surface area contributed by atoms with Crippen molar-refractivity contribution in [2.45, 2.75) is 199 Å². The number of allylic oxidation sites excluding steroid dienone is 8. The number of ether oxygens (including phenoxy) is 1. The van der Waals surface area contributed by atoms with Crippen LogP contribution in [0, 0.1) is 0 Å². The third kappa shape index (κ3) is 40.0. The van der Waals surface area contributed by atoms with E-state index in [1.54, 1.807) is 0 Å². The summed E-state index contributed by atoms with van der Waals surface area (Å²) in [6.07, 6.45) is 44.2. The fourth-order valence-electron chi connectivity index (χ4n) is 5.84. The third-order valence-electron chi connectivity index (χ3n) is 9.34. The van der Waals surface area contributed by atoms with E-state index in [2.05, 4.69) is 67.8 Å². The zero-order valence-corrected chi connectivity index (χ0v) is 36.5. The van der Waals surface area contributed by atoms with Gasteiger partial charge in [0.05, 0.1) is 13.2 Å². The van der Waals surface area contributed by atoms with E-state index in [0.29, 0.717) is 12.8 Å². The number of unbranched alkanes of at least 4 members (excludes halogenated alkanes) is 19. The van der Waals surface area contributed by atoms with Crippen LogP contribution in [0.4, 0.5) is 0 Å². The lowest BCUT2D eigenvalue weighted by atomic mass is 10.1. The molecule has 57 heavy (non-hydrogen) atoms. The smallest absolute Gasteiger partial charge is 0.472 e. The van der Waals surface area contributed by atoms with Gasteiger partial charge in [-0.25, -0.2) is 9.36 Å². The number of amides is 1. The molecular formula is C45H80NO10P. The summed E-state index contributed by atoms with van der Waals surface area (Å²) in [5, 5.41) is 21.8. The number of rotatable bonds is 41. The SMILES string of the molecule is CCCCC/C=C\C/C=C\C/C=C\CCCCCCCCCCC(=O)NC(COP(=O)(O)OCC(O)COC(=O)CCCCCCC/C=C\CCCCC)C(=O)O.